The first-order valence-electron chi connectivity index (χ1n) is 11.5. The average molecular weight is 462 g/mol. The van der Waals surface area contributed by atoms with Crippen LogP contribution in [0.2, 0.25) is 0 Å². The van der Waals surface area contributed by atoms with Crippen molar-refractivity contribution in [2.45, 2.75) is 25.7 Å². The van der Waals surface area contributed by atoms with Gasteiger partial charge in [-0.05, 0) is 67.0 Å². The van der Waals surface area contributed by atoms with Crippen molar-refractivity contribution in [2.75, 3.05) is 18.4 Å². The van der Waals surface area contributed by atoms with E-state index in [0.717, 1.165) is 0 Å². The third-order valence-electron chi connectivity index (χ3n) is 7.12. The van der Waals surface area contributed by atoms with Crippen molar-refractivity contribution < 1.29 is 18.4 Å². The number of carbonyl (C=O) groups excluding carboxylic acids is 2. The number of halogens is 2. The molecule has 2 aliphatic rings. The number of hydrogen-bond acceptors (Lipinski definition) is 3. The highest BCUT2D eigenvalue weighted by Crippen LogP contribution is 2.56. The van der Waals surface area contributed by atoms with E-state index in [1.165, 1.54) is 12.1 Å². The van der Waals surface area contributed by atoms with Gasteiger partial charge in [-0.1, -0.05) is 30.3 Å². The SMILES string of the molecule is O=C(c1ccncc1)N1CCC(C2(C(=O)Nc3c(F)cc(-c4ccccc4)cc3F)CC2)CC1. The number of aromatic nitrogens is 1. The molecule has 5 rings (SSSR count). The molecule has 1 aliphatic carbocycles. The molecule has 0 radical (unpaired) electrons. The first kappa shape index (κ1) is 22.2. The Labute approximate surface area is 196 Å². The zero-order chi connectivity index (χ0) is 23.7. The normalized spacial score (nSPS) is 17.3. The highest BCUT2D eigenvalue weighted by atomic mass is 19.1. The topological polar surface area (TPSA) is 62.3 Å². The van der Waals surface area contributed by atoms with Crippen molar-refractivity contribution in [3.63, 3.8) is 0 Å². The first-order chi connectivity index (χ1) is 16.5. The van der Waals surface area contributed by atoms with Crippen LogP contribution in [-0.2, 0) is 4.79 Å². The lowest BCUT2D eigenvalue weighted by Crippen LogP contribution is -2.43. The van der Waals surface area contributed by atoms with Gasteiger partial charge in [-0.25, -0.2) is 8.78 Å². The second-order valence-electron chi connectivity index (χ2n) is 9.09. The fourth-order valence-electron chi connectivity index (χ4n) is 5.00. The minimum atomic E-state index is -0.791. The lowest BCUT2D eigenvalue weighted by Gasteiger charge is -2.36. The minimum Gasteiger partial charge on any atom is -0.339 e. The smallest absolute Gasteiger partial charge is 0.253 e. The van der Waals surface area contributed by atoms with E-state index in [0.29, 0.717) is 55.5 Å². The van der Waals surface area contributed by atoms with Gasteiger partial charge in [0.2, 0.25) is 5.91 Å². The van der Waals surface area contributed by atoms with Crippen LogP contribution in [0.5, 0.6) is 0 Å². The van der Waals surface area contributed by atoms with Gasteiger partial charge in [0.25, 0.3) is 5.91 Å². The Morgan fingerprint density at radius 3 is 2.12 bits per heavy atom. The van der Waals surface area contributed by atoms with Gasteiger partial charge in [-0.15, -0.1) is 0 Å². The van der Waals surface area contributed by atoms with Gasteiger partial charge in [-0.3, -0.25) is 14.6 Å². The number of pyridine rings is 1. The molecule has 5 nitrogen and oxygen atoms in total. The van der Waals surface area contributed by atoms with Crippen molar-refractivity contribution in [1.29, 1.82) is 0 Å². The molecule has 0 unspecified atom stereocenters. The Bertz CT molecular complexity index is 1180. The van der Waals surface area contributed by atoms with Gasteiger partial charge in [0.15, 0.2) is 0 Å². The maximum absolute atomic E-state index is 14.8. The van der Waals surface area contributed by atoms with E-state index < -0.39 is 22.7 Å². The van der Waals surface area contributed by atoms with E-state index in [2.05, 4.69) is 10.3 Å². The van der Waals surface area contributed by atoms with Crippen molar-refractivity contribution in [1.82, 2.24) is 9.88 Å². The standard InChI is InChI=1S/C27H25F2N3O2/c28-22-16-20(18-4-2-1-3-5-18)17-23(29)24(22)31-26(34)27(10-11-27)21-8-14-32(15-9-21)25(33)19-6-12-30-13-7-19/h1-7,12-13,16-17,21H,8-11,14-15H2,(H,31,34). The lowest BCUT2D eigenvalue weighted by atomic mass is 9.80. The molecule has 0 bridgehead atoms. The molecule has 1 saturated carbocycles. The summed E-state index contributed by atoms with van der Waals surface area (Å²) in [6, 6.07) is 14.9. The van der Waals surface area contributed by atoms with Crippen LogP contribution in [0.4, 0.5) is 14.5 Å². The van der Waals surface area contributed by atoms with E-state index in [4.69, 9.17) is 0 Å². The third kappa shape index (κ3) is 4.18. The predicted octanol–water partition coefficient (Wildman–Crippen LogP) is 5.30. The number of benzene rings is 2. The maximum Gasteiger partial charge on any atom is 0.253 e. The van der Waals surface area contributed by atoms with Crippen LogP contribution >= 0.6 is 0 Å². The summed E-state index contributed by atoms with van der Waals surface area (Å²) in [6.45, 7) is 1.10. The van der Waals surface area contributed by atoms with Crippen molar-refractivity contribution >= 4 is 17.5 Å². The van der Waals surface area contributed by atoms with E-state index in [9.17, 15) is 18.4 Å². The van der Waals surface area contributed by atoms with Crippen molar-refractivity contribution in [3.8, 4) is 11.1 Å². The number of nitrogens with zero attached hydrogens (tertiary/aromatic N) is 2. The molecule has 1 saturated heterocycles. The molecule has 1 N–H and O–H groups in total. The molecule has 2 fully saturated rings. The summed E-state index contributed by atoms with van der Waals surface area (Å²) >= 11 is 0. The molecule has 1 aromatic heterocycles. The molecule has 1 aliphatic heterocycles. The molecule has 34 heavy (non-hydrogen) atoms. The Morgan fingerprint density at radius 1 is 0.912 bits per heavy atom. The number of anilines is 1. The molecular weight excluding hydrogens is 436 g/mol. The van der Waals surface area contributed by atoms with E-state index in [-0.39, 0.29) is 17.7 Å². The van der Waals surface area contributed by atoms with E-state index >= 15 is 0 Å². The van der Waals surface area contributed by atoms with Crippen LogP contribution < -0.4 is 5.32 Å². The summed E-state index contributed by atoms with van der Waals surface area (Å²) < 4.78 is 29.6. The molecule has 2 amide bonds. The zero-order valence-electron chi connectivity index (χ0n) is 18.6. The maximum atomic E-state index is 14.8. The molecular formula is C27H25F2N3O2. The Balaban J connectivity index is 1.26. The van der Waals surface area contributed by atoms with Crippen LogP contribution in [0.3, 0.4) is 0 Å². The van der Waals surface area contributed by atoms with Crippen LogP contribution in [-0.4, -0.2) is 34.8 Å². The van der Waals surface area contributed by atoms with Gasteiger partial charge < -0.3 is 10.2 Å². The van der Waals surface area contributed by atoms with E-state index in [1.54, 1.807) is 53.7 Å². The van der Waals surface area contributed by atoms with Crippen LogP contribution in [0.15, 0.2) is 67.0 Å². The van der Waals surface area contributed by atoms with Gasteiger partial charge in [0, 0.05) is 31.0 Å². The molecule has 2 heterocycles. The molecule has 0 spiro atoms. The van der Waals surface area contributed by atoms with Crippen molar-refractivity contribution in [2.24, 2.45) is 11.3 Å². The number of likely N-dealkylation sites (tertiary alicyclic amines) is 1. The molecule has 7 heteroatoms. The number of carbonyl (C=O) groups is 2. The monoisotopic (exact) mass is 461 g/mol. The fourth-order valence-corrected chi connectivity index (χ4v) is 5.00. The third-order valence-corrected chi connectivity index (χ3v) is 7.12. The van der Waals surface area contributed by atoms with Gasteiger partial charge in [-0.2, -0.15) is 0 Å². The molecule has 3 aromatic rings. The summed E-state index contributed by atoms with van der Waals surface area (Å²) in [5.41, 5.74) is 0.687. The summed E-state index contributed by atoms with van der Waals surface area (Å²) in [4.78, 5) is 31.6. The number of piperidine rings is 1. The first-order valence-corrected chi connectivity index (χ1v) is 11.5. The highest BCUT2D eigenvalue weighted by molar-refractivity contribution is 5.98. The highest BCUT2D eigenvalue weighted by Gasteiger charge is 2.56. The van der Waals surface area contributed by atoms with Crippen molar-refractivity contribution in [3.05, 3.63) is 84.2 Å². The summed E-state index contributed by atoms with van der Waals surface area (Å²) in [5.74, 6) is -1.89. The molecule has 2 aromatic carbocycles. The average Bonchev–Trinajstić information content (AvgIpc) is 3.69. The lowest BCUT2D eigenvalue weighted by molar-refractivity contribution is -0.123. The Kier molecular flexibility index (Phi) is 5.86. The van der Waals surface area contributed by atoms with Crippen LogP contribution in [0.1, 0.15) is 36.0 Å². The fraction of sp³-hybridized carbons (Fsp3) is 0.296. The zero-order valence-corrected chi connectivity index (χ0v) is 18.6. The van der Waals surface area contributed by atoms with Gasteiger partial charge in [0.05, 0.1) is 5.41 Å². The molecule has 0 atom stereocenters. The Morgan fingerprint density at radius 2 is 1.53 bits per heavy atom. The number of rotatable bonds is 5. The second-order valence-corrected chi connectivity index (χ2v) is 9.09. The van der Waals surface area contributed by atoms with Crippen LogP contribution in [0, 0.1) is 23.0 Å². The quantitative estimate of drug-likeness (QED) is 0.561. The second kappa shape index (κ2) is 8.97. The summed E-state index contributed by atoms with van der Waals surface area (Å²) in [7, 11) is 0. The van der Waals surface area contributed by atoms with Gasteiger partial charge in [0.1, 0.15) is 17.3 Å². The molecule has 174 valence electrons. The summed E-state index contributed by atoms with van der Waals surface area (Å²) in [6.07, 6.45) is 5.92. The minimum absolute atomic E-state index is 0.0437. The number of hydrogen-bond donors (Lipinski definition) is 1. The number of nitrogens with one attached hydrogen (secondary N) is 1. The van der Waals surface area contributed by atoms with E-state index in [1.807, 2.05) is 6.07 Å². The predicted molar refractivity (Wildman–Crippen MR) is 125 cm³/mol. The largest absolute Gasteiger partial charge is 0.339 e. The number of amides is 2. The van der Waals surface area contributed by atoms with Crippen LogP contribution in [0.25, 0.3) is 11.1 Å². The summed E-state index contributed by atoms with van der Waals surface area (Å²) in [5, 5.41) is 2.54. The van der Waals surface area contributed by atoms with Gasteiger partial charge >= 0.3 is 0 Å². The Hall–Kier alpha value is -3.61.